The molecule has 1 aromatic carbocycles. The van der Waals surface area contributed by atoms with Crippen molar-refractivity contribution in [2.45, 2.75) is 19.0 Å². The van der Waals surface area contributed by atoms with Gasteiger partial charge in [0.2, 0.25) is 11.8 Å². The maximum absolute atomic E-state index is 6.22. The van der Waals surface area contributed by atoms with E-state index in [4.69, 9.17) is 10.2 Å². The van der Waals surface area contributed by atoms with Gasteiger partial charge in [-0.25, -0.2) is 4.98 Å². The molecule has 6 rings (SSSR count). The fourth-order valence-corrected chi connectivity index (χ4v) is 4.82. The number of likely N-dealkylation sites (tertiary alicyclic amines) is 1. The largest absolute Gasteiger partial charge is 0.461 e. The third kappa shape index (κ3) is 2.91. The Balaban J connectivity index is 1.25. The summed E-state index contributed by atoms with van der Waals surface area (Å²) in [5.74, 6) is 2.99. The van der Waals surface area contributed by atoms with Crippen LogP contribution in [0.2, 0.25) is 0 Å². The Labute approximate surface area is 173 Å². The zero-order valence-corrected chi connectivity index (χ0v) is 16.6. The van der Waals surface area contributed by atoms with Crippen LogP contribution in [0.1, 0.15) is 12.0 Å². The first-order chi connectivity index (χ1) is 14.7. The van der Waals surface area contributed by atoms with E-state index in [0.717, 1.165) is 32.0 Å². The van der Waals surface area contributed by atoms with E-state index in [0.29, 0.717) is 35.1 Å². The molecular weight excluding hydrogens is 378 g/mol. The van der Waals surface area contributed by atoms with E-state index in [9.17, 15) is 0 Å². The monoisotopic (exact) mass is 401 g/mol. The molecule has 2 aliphatic heterocycles. The van der Waals surface area contributed by atoms with E-state index >= 15 is 0 Å². The minimum atomic E-state index is 0.339. The van der Waals surface area contributed by atoms with Gasteiger partial charge in [0.25, 0.3) is 0 Å². The van der Waals surface area contributed by atoms with E-state index in [-0.39, 0.29) is 0 Å². The maximum Gasteiger partial charge on any atom is 0.225 e. The third-order valence-electron chi connectivity index (χ3n) is 6.29. The standard InChI is InChI=1S/C22H23N7O/c23-22-25-19(11-20-24-21(26-29(20)22)18-7-4-10-30-18)28-13-16-8-9-27(17(16)14-28)12-15-5-2-1-3-6-15/h1-7,10-11,16-17H,8-9,12-14H2,(H2,23,25). The summed E-state index contributed by atoms with van der Waals surface area (Å²) in [6.45, 7) is 4.11. The Morgan fingerprint density at radius 3 is 2.80 bits per heavy atom. The van der Waals surface area contributed by atoms with Gasteiger partial charge < -0.3 is 15.1 Å². The number of aromatic nitrogens is 4. The first-order valence-corrected chi connectivity index (χ1v) is 10.3. The van der Waals surface area contributed by atoms with Gasteiger partial charge >= 0.3 is 0 Å². The topological polar surface area (TPSA) is 88.7 Å². The molecule has 4 aromatic rings. The molecule has 0 spiro atoms. The molecule has 0 amide bonds. The molecule has 0 saturated carbocycles. The second kappa shape index (κ2) is 6.84. The van der Waals surface area contributed by atoms with Gasteiger partial charge in [0.05, 0.1) is 6.26 Å². The van der Waals surface area contributed by atoms with Gasteiger partial charge in [0.15, 0.2) is 11.4 Å². The molecule has 152 valence electrons. The number of nitrogens with two attached hydrogens (primary N) is 1. The summed E-state index contributed by atoms with van der Waals surface area (Å²) < 4.78 is 6.98. The molecule has 0 bridgehead atoms. The number of nitrogens with zero attached hydrogens (tertiary/aromatic N) is 6. The highest BCUT2D eigenvalue weighted by Crippen LogP contribution is 2.35. The summed E-state index contributed by atoms with van der Waals surface area (Å²) in [6, 6.07) is 16.9. The van der Waals surface area contributed by atoms with Crippen molar-refractivity contribution in [1.29, 1.82) is 0 Å². The molecule has 8 nitrogen and oxygen atoms in total. The smallest absolute Gasteiger partial charge is 0.225 e. The van der Waals surface area contributed by atoms with Crippen LogP contribution in [0.4, 0.5) is 11.8 Å². The lowest BCUT2D eigenvalue weighted by Crippen LogP contribution is -2.35. The SMILES string of the molecule is Nc1nc(N2CC3CCN(Cc4ccccc4)C3C2)cc2nc(-c3ccco3)nn12. The van der Waals surface area contributed by atoms with Crippen molar-refractivity contribution >= 4 is 17.4 Å². The number of nitrogen functional groups attached to an aromatic ring is 1. The summed E-state index contributed by atoms with van der Waals surface area (Å²) in [6.07, 6.45) is 2.83. The van der Waals surface area contributed by atoms with Crippen LogP contribution in [0.5, 0.6) is 0 Å². The first kappa shape index (κ1) is 17.5. The highest BCUT2D eigenvalue weighted by molar-refractivity contribution is 5.60. The minimum absolute atomic E-state index is 0.339. The Kier molecular flexibility index (Phi) is 3.98. The summed E-state index contributed by atoms with van der Waals surface area (Å²) in [5.41, 5.74) is 8.27. The lowest BCUT2D eigenvalue weighted by atomic mass is 10.0. The van der Waals surface area contributed by atoms with Gasteiger partial charge in [-0.1, -0.05) is 30.3 Å². The molecular formula is C22H23N7O. The van der Waals surface area contributed by atoms with Crippen molar-refractivity contribution < 1.29 is 4.42 Å². The number of furan rings is 1. The molecule has 2 N–H and O–H groups in total. The van der Waals surface area contributed by atoms with Gasteiger partial charge in [-0.15, -0.1) is 5.10 Å². The molecule has 0 radical (unpaired) electrons. The Morgan fingerprint density at radius 2 is 1.97 bits per heavy atom. The van der Waals surface area contributed by atoms with Gasteiger partial charge in [-0.05, 0) is 36.6 Å². The molecule has 5 heterocycles. The van der Waals surface area contributed by atoms with E-state index in [1.165, 1.54) is 12.0 Å². The lowest BCUT2D eigenvalue weighted by molar-refractivity contribution is 0.245. The molecule has 2 unspecified atom stereocenters. The molecule has 2 atom stereocenters. The Morgan fingerprint density at radius 1 is 1.07 bits per heavy atom. The Hall–Kier alpha value is -3.39. The first-order valence-electron chi connectivity index (χ1n) is 10.3. The highest BCUT2D eigenvalue weighted by atomic mass is 16.3. The highest BCUT2D eigenvalue weighted by Gasteiger charge is 2.41. The van der Waals surface area contributed by atoms with E-state index < -0.39 is 0 Å². The second-order valence-corrected chi connectivity index (χ2v) is 8.13. The van der Waals surface area contributed by atoms with E-state index in [2.05, 4.69) is 55.2 Å². The predicted octanol–water partition coefficient (Wildman–Crippen LogP) is 2.68. The molecule has 0 aliphatic carbocycles. The summed E-state index contributed by atoms with van der Waals surface area (Å²) in [5, 5.41) is 4.44. The van der Waals surface area contributed by atoms with Crippen LogP contribution in [0.15, 0.2) is 59.2 Å². The second-order valence-electron chi connectivity index (χ2n) is 8.13. The summed E-state index contributed by atoms with van der Waals surface area (Å²) in [4.78, 5) is 14.2. The molecule has 2 fully saturated rings. The maximum atomic E-state index is 6.22. The van der Waals surface area contributed by atoms with Gasteiger partial charge in [-0.2, -0.15) is 9.50 Å². The van der Waals surface area contributed by atoms with Crippen molar-refractivity contribution in [3.8, 4) is 11.6 Å². The van der Waals surface area contributed by atoms with Crippen LogP contribution >= 0.6 is 0 Å². The van der Waals surface area contributed by atoms with Crippen molar-refractivity contribution in [3.63, 3.8) is 0 Å². The van der Waals surface area contributed by atoms with E-state index in [1.54, 1.807) is 10.8 Å². The molecule has 2 aliphatic rings. The molecule has 3 aromatic heterocycles. The predicted molar refractivity (Wildman–Crippen MR) is 114 cm³/mol. The van der Waals surface area contributed by atoms with Crippen molar-refractivity contribution in [1.82, 2.24) is 24.5 Å². The van der Waals surface area contributed by atoms with Gasteiger partial charge in [0, 0.05) is 31.7 Å². The van der Waals surface area contributed by atoms with Crippen LogP contribution in [-0.2, 0) is 6.54 Å². The van der Waals surface area contributed by atoms with Crippen LogP contribution in [0, 0.1) is 5.92 Å². The quantitative estimate of drug-likeness (QED) is 0.562. The zero-order chi connectivity index (χ0) is 20.1. The van der Waals surface area contributed by atoms with Gasteiger partial charge in [0.1, 0.15) is 5.82 Å². The third-order valence-corrected chi connectivity index (χ3v) is 6.29. The fraction of sp³-hybridized carbons (Fsp3) is 0.318. The fourth-order valence-electron chi connectivity index (χ4n) is 4.82. The summed E-state index contributed by atoms with van der Waals surface area (Å²) >= 11 is 0. The van der Waals surface area contributed by atoms with Crippen molar-refractivity contribution in [2.24, 2.45) is 5.92 Å². The van der Waals surface area contributed by atoms with Crippen LogP contribution < -0.4 is 10.6 Å². The number of anilines is 2. The number of rotatable bonds is 4. The Bertz CT molecular complexity index is 1170. The zero-order valence-electron chi connectivity index (χ0n) is 16.6. The lowest BCUT2D eigenvalue weighted by Gasteiger charge is -2.25. The normalized spacial score (nSPS) is 21.5. The summed E-state index contributed by atoms with van der Waals surface area (Å²) in [7, 11) is 0. The molecule has 30 heavy (non-hydrogen) atoms. The number of fused-ring (bicyclic) bond motifs is 2. The van der Waals surface area contributed by atoms with Crippen molar-refractivity contribution in [2.75, 3.05) is 30.3 Å². The van der Waals surface area contributed by atoms with Crippen LogP contribution in [0.3, 0.4) is 0 Å². The van der Waals surface area contributed by atoms with Crippen LogP contribution in [0.25, 0.3) is 17.2 Å². The van der Waals surface area contributed by atoms with E-state index in [1.807, 2.05) is 18.2 Å². The number of hydrogen-bond donors (Lipinski definition) is 1. The number of hydrogen-bond acceptors (Lipinski definition) is 7. The van der Waals surface area contributed by atoms with Crippen molar-refractivity contribution in [3.05, 3.63) is 60.4 Å². The minimum Gasteiger partial charge on any atom is -0.461 e. The van der Waals surface area contributed by atoms with Gasteiger partial charge in [-0.3, -0.25) is 4.90 Å². The van der Waals surface area contributed by atoms with Crippen LogP contribution in [-0.4, -0.2) is 50.2 Å². The molecule has 8 heteroatoms. The average molecular weight is 401 g/mol. The number of benzene rings is 1. The molecule has 2 saturated heterocycles. The average Bonchev–Trinajstić information content (AvgIpc) is 3.53.